The third-order valence-corrected chi connectivity index (χ3v) is 4.13. The van der Waals surface area contributed by atoms with E-state index < -0.39 is 0 Å². The highest BCUT2D eigenvalue weighted by molar-refractivity contribution is 9.10. The van der Waals surface area contributed by atoms with Gasteiger partial charge in [-0.3, -0.25) is 10.1 Å². The van der Waals surface area contributed by atoms with E-state index in [1.807, 2.05) is 43.3 Å². The molecule has 0 aromatic heterocycles. The zero-order chi connectivity index (χ0) is 13.3. The smallest absolute Gasteiger partial charge is 0.258 e. The first-order valence-corrected chi connectivity index (χ1v) is 6.31. The molecule has 18 heavy (non-hydrogen) atoms. The molecule has 0 aliphatic carbocycles. The van der Waals surface area contributed by atoms with Gasteiger partial charge in [-0.1, -0.05) is 30.3 Å². The molecule has 0 N–H and O–H groups in total. The minimum atomic E-state index is -0.318. The molecule has 2 aromatic rings. The van der Waals surface area contributed by atoms with E-state index in [-0.39, 0.29) is 10.6 Å². The SMILES string of the molecule is Cc1cc(-c2ccccc2)c([N+](=O)[O-])c(C)c1Br. The summed E-state index contributed by atoms with van der Waals surface area (Å²) in [4.78, 5) is 10.9. The maximum absolute atomic E-state index is 11.3. The van der Waals surface area contributed by atoms with E-state index in [1.165, 1.54) is 0 Å². The molecule has 0 amide bonds. The first-order valence-electron chi connectivity index (χ1n) is 5.52. The normalized spacial score (nSPS) is 10.4. The second-order valence-corrected chi connectivity index (χ2v) is 4.94. The van der Waals surface area contributed by atoms with Crippen molar-refractivity contribution in [1.82, 2.24) is 0 Å². The van der Waals surface area contributed by atoms with Gasteiger partial charge in [-0.15, -0.1) is 0 Å². The Kier molecular flexibility index (Phi) is 3.48. The summed E-state index contributed by atoms with van der Waals surface area (Å²) < 4.78 is 0.800. The van der Waals surface area contributed by atoms with Gasteiger partial charge in [-0.05, 0) is 47.0 Å². The fourth-order valence-corrected chi connectivity index (χ4v) is 2.33. The van der Waals surface area contributed by atoms with Gasteiger partial charge in [-0.25, -0.2) is 0 Å². The molecule has 3 nitrogen and oxygen atoms in total. The summed E-state index contributed by atoms with van der Waals surface area (Å²) in [5.41, 5.74) is 3.36. The van der Waals surface area contributed by atoms with Crippen LogP contribution < -0.4 is 0 Å². The lowest BCUT2D eigenvalue weighted by molar-refractivity contribution is -0.384. The number of benzene rings is 2. The number of halogens is 1. The van der Waals surface area contributed by atoms with Crippen LogP contribution in [0.3, 0.4) is 0 Å². The molecular formula is C14H12BrNO2. The number of hydrogen-bond donors (Lipinski definition) is 0. The Morgan fingerprint density at radius 2 is 1.78 bits per heavy atom. The predicted molar refractivity (Wildman–Crippen MR) is 75.7 cm³/mol. The van der Waals surface area contributed by atoms with Crippen LogP contribution in [-0.4, -0.2) is 4.92 Å². The van der Waals surface area contributed by atoms with E-state index in [0.29, 0.717) is 11.1 Å². The van der Waals surface area contributed by atoms with Crippen molar-refractivity contribution in [3.05, 3.63) is 62.1 Å². The fourth-order valence-electron chi connectivity index (χ4n) is 2.02. The lowest BCUT2D eigenvalue weighted by atomic mass is 9.98. The lowest BCUT2D eigenvalue weighted by Crippen LogP contribution is -1.98. The van der Waals surface area contributed by atoms with Crippen LogP contribution in [0.5, 0.6) is 0 Å². The number of hydrogen-bond acceptors (Lipinski definition) is 2. The van der Waals surface area contributed by atoms with Crippen LogP contribution in [0, 0.1) is 24.0 Å². The molecule has 0 spiro atoms. The van der Waals surface area contributed by atoms with Crippen molar-refractivity contribution in [1.29, 1.82) is 0 Å². The van der Waals surface area contributed by atoms with Crippen molar-refractivity contribution in [3.8, 4) is 11.1 Å². The van der Waals surface area contributed by atoms with Crippen molar-refractivity contribution >= 4 is 21.6 Å². The van der Waals surface area contributed by atoms with Gasteiger partial charge in [-0.2, -0.15) is 0 Å². The molecule has 2 aromatic carbocycles. The van der Waals surface area contributed by atoms with Crippen LogP contribution in [-0.2, 0) is 0 Å². The number of aryl methyl sites for hydroxylation is 1. The number of nitro groups is 1. The largest absolute Gasteiger partial charge is 0.281 e. The van der Waals surface area contributed by atoms with Crippen LogP contribution in [0.2, 0.25) is 0 Å². The van der Waals surface area contributed by atoms with E-state index in [1.54, 1.807) is 6.92 Å². The zero-order valence-electron chi connectivity index (χ0n) is 10.1. The first-order chi connectivity index (χ1) is 8.52. The van der Waals surface area contributed by atoms with Gasteiger partial charge in [0.1, 0.15) is 0 Å². The van der Waals surface area contributed by atoms with Gasteiger partial charge in [0.2, 0.25) is 0 Å². The van der Waals surface area contributed by atoms with Crippen molar-refractivity contribution < 1.29 is 4.92 Å². The highest BCUT2D eigenvalue weighted by Crippen LogP contribution is 2.38. The number of nitrogens with zero attached hydrogens (tertiary/aromatic N) is 1. The van der Waals surface area contributed by atoms with Gasteiger partial charge >= 0.3 is 0 Å². The average Bonchev–Trinajstić information content (AvgIpc) is 2.36. The summed E-state index contributed by atoms with van der Waals surface area (Å²) in [6.07, 6.45) is 0. The molecule has 0 saturated carbocycles. The molecule has 0 fully saturated rings. The van der Waals surface area contributed by atoms with Gasteiger partial charge in [0.05, 0.1) is 10.5 Å². The van der Waals surface area contributed by atoms with Crippen molar-refractivity contribution in [3.63, 3.8) is 0 Å². The standard InChI is InChI=1S/C14H12BrNO2/c1-9-8-12(11-6-4-3-5-7-11)14(16(17)18)10(2)13(9)15/h3-8H,1-2H3. The molecule has 0 unspecified atom stereocenters. The number of nitro benzene ring substituents is 1. The molecule has 0 saturated heterocycles. The Balaban J connectivity index is 2.78. The molecule has 92 valence electrons. The lowest BCUT2D eigenvalue weighted by Gasteiger charge is -2.10. The Hall–Kier alpha value is -1.68. The topological polar surface area (TPSA) is 43.1 Å². The zero-order valence-corrected chi connectivity index (χ0v) is 11.7. The van der Waals surface area contributed by atoms with Gasteiger partial charge in [0, 0.05) is 10.0 Å². The Morgan fingerprint density at radius 1 is 1.17 bits per heavy atom. The second-order valence-electron chi connectivity index (χ2n) is 4.15. The van der Waals surface area contributed by atoms with Crippen LogP contribution >= 0.6 is 15.9 Å². The van der Waals surface area contributed by atoms with Crippen LogP contribution in [0.15, 0.2) is 40.9 Å². The van der Waals surface area contributed by atoms with Gasteiger partial charge < -0.3 is 0 Å². The second kappa shape index (κ2) is 4.90. The van der Waals surface area contributed by atoms with E-state index in [9.17, 15) is 10.1 Å². The Morgan fingerprint density at radius 3 is 2.33 bits per heavy atom. The van der Waals surface area contributed by atoms with E-state index in [4.69, 9.17) is 0 Å². The molecule has 4 heteroatoms. The molecule has 0 aliphatic heterocycles. The highest BCUT2D eigenvalue weighted by atomic mass is 79.9. The van der Waals surface area contributed by atoms with Gasteiger partial charge in [0.25, 0.3) is 5.69 Å². The summed E-state index contributed by atoms with van der Waals surface area (Å²) >= 11 is 3.40. The maximum Gasteiger partial charge on any atom is 0.281 e. The number of rotatable bonds is 2. The maximum atomic E-state index is 11.3. The minimum Gasteiger partial charge on any atom is -0.258 e. The van der Waals surface area contributed by atoms with E-state index in [2.05, 4.69) is 15.9 Å². The summed E-state index contributed by atoms with van der Waals surface area (Å²) in [6, 6.07) is 11.3. The van der Waals surface area contributed by atoms with Gasteiger partial charge in [0.15, 0.2) is 0 Å². The molecule has 2 rings (SSSR count). The fraction of sp³-hybridized carbons (Fsp3) is 0.143. The third kappa shape index (κ3) is 2.16. The first kappa shape index (κ1) is 12.8. The highest BCUT2D eigenvalue weighted by Gasteiger charge is 2.22. The molecule has 0 aliphatic rings. The van der Waals surface area contributed by atoms with Crippen molar-refractivity contribution in [2.24, 2.45) is 0 Å². The van der Waals surface area contributed by atoms with Crippen LogP contribution in [0.1, 0.15) is 11.1 Å². The van der Waals surface area contributed by atoms with Crippen LogP contribution in [0.4, 0.5) is 5.69 Å². The minimum absolute atomic E-state index is 0.165. The quantitative estimate of drug-likeness (QED) is 0.599. The average molecular weight is 306 g/mol. The van der Waals surface area contributed by atoms with E-state index in [0.717, 1.165) is 15.6 Å². The molecule has 0 atom stereocenters. The third-order valence-electron chi connectivity index (χ3n) is 2.91. The monoisotopic (exact) mass is 305 g/mol. The van der Waals surface area contributed by atoms with Crippen molar-refractivity contribution in [2.45, 2.75) is 13.8 Å². The van der Waals surface area contributed by atoms with Crippen LogP contribution in [0.25, 0.3) is 11.1 Å². The van der Waals surface area contributed by atoms with Crippen molar-refractivity contribution in [2.75, 3.05) is 0 Å². The molecule has 0 heterocycles. The predicted octanol–water partition coefficient (Wildman–Crippen LogP) is 4.64. The Bertz CT molecular complexity index is 609. The Labute approximate surface area is 114 Å². The summed E-state index contributed by atoms with van der Waals surface area (Å²) in [5, 5.41) is 11.3. The molecular weight excluding hydrogens is 294 g/mol. The summed E-state index contributed by atoms with van der Waals surface area (Å²) in [6.45, 7) is 3.70. The molecule has 0 bridgehead atoms. The van der Waals surface area contributed by atoms with E-state index >= 15 is 0 Å². The summed E-state index contributed by atoms with van der Waals surface area (Å²) in [7, 11) is 0. The molecule has 0 radical (unpaired) electrons. The summed E-state index contributed by atoms with van der Waals surface area (Å²) in [5.74, 6) is 0.